The zero-order valence-electron chi connectivity index (χ0n) is 13.4. The number of methoxy groups -OCH3 is 1. The van der Waals surface area contributed by atoms with E-state index >= 15 is 0 Å². The minimum Gasteiger partial charge on any atom is -0.493 e. The molecule has 0 fully saturated rings. The van der Waals surface area contributed by atoms with Gasteiger partial charge in [-0.3, -0.25) is 10.1 Å². The van der Waals surface area contributed by atoms with Crippen molar-refractivity contribution in [3.63, 3.8) is 0 Å². The molecule has 0 amide bonds. The minimum atomic E-state index is -0.475. The first-order chi connectivity index (χ1) is 11.7. The van der Waals surface area contributed by atoms with Gasteiger partial charge in [-0.15, -0.1) is 6.58 Å². The van der Waals surface area contributed by atoms with Gasteiger partial charge in [0, 0.05) is 6.07 Å². The lowest BCUT2D eigenvalue weighted by Gasteiger charge is -2.12. The molecule has 0 atom stereocenters. The number of nitro groups is 1. The molecule has 0 aromatic heterocycles. The van der Waals surface area contributed by atoms with E-state index in [0.717, 1.165) is 12.0 Å². The first-order valence-electron chi connectivity index (χ1n) is 7.42. The van der Waals surface area contributed by atoms with Gasteiger partial charge in [-0.1, -0.05) is 24.3 Å². The lowest BCUT2D eigenvalue weighted by Crippen LogP contribution is -2.10. The maximum Gasteiger partial charge on any atom is 0.310 e. The molecule has 24 heavy (non-hydrogen) atoms. The normalized spacial score (nSPS) is 10.0. The van der Waals surface area contributed by atoms with E-state index in [2.05, 4.69) is 6.58 Å². The quantitative estimate of drug-likeness (QED) is 0.303. The second kappa shape index (κ2) is 8.57. The van der Waals surface area contributed by atoms with Crippen LogP contribution in [0.3, 0.4) is 0 Å². The van der Waals surface area contributed by atoms with Crippen molar-refractivity contribution in [2.75, 3.05) is 20.3 Å². The topological polar surface area (TPSA) is 70.8 Å². The number of para-hydroxylation sites is 2. The van der Waals surface area contributed by atoms with E-state index in [0.29, 0.717) is 11.5 Å². The van der Waals surface area contributed by atoms with Crippen molar-refractivity contribution in [3.8, 4) is 17.2 Å². The minimum absolute atomic E-state index is 0.0659. The van der Waals surface area contributed by atoms with Crippen LogP contribution in [0.5, 0.6) is 17.2 Å². The summed E-state index contributed by atoms with van der Waals surface area (Å²) in [5, 5.41) is 10.9. The van der Waals surface area contributed by atoms with Crippen LogP contribution in [0.25, 0.3) is 0 Å². The molecule has 2 aromatic rings. The summed E-state index contributed by atoms with van der Waals surface area (Å²) < 4.78 is 16.4. The largest absolute Gasteiger partial charge is 0.493 e. The fourth-order valence-corrected chi connectivity index (χ4v) is 2.16. The number of ether oxygens (including phenoxy) is 3. The van der Waals surface area contributed by atoms with Gasteiger partial charge in [0.1, 0.15) is 13.2 Å². The molecule has 0 saturated heterocycles. The highest BCUT2D eigenvalue weighted by molar-refractivity contribution is 5.46. The lowest BCUT2D eigenvalue weighted by molar-refractivity contribution is -0.385. The van der Waals surface area contributed by atoms with Crippen LogP contribution >= 0.6 is 0 Å². The van der Waals surface area contributed by atoms with Crippen LogP contribution in [0.2, 0.25) is 0 Å². The van der Waals surface area contributed by atoms with Gasteiger partial charge in [0.25, 0.3) is 0 Å². The fourth-order valence-electron chi connectivity index (χ4n) is 2.16. The van der Waals surface area contributed by atoms with Crippen LogP contribution in [0, 0.1) is 10.1 Å². The Kier molecular flexibility index (Phi) is 6.19. The Morgan fingerprint density at radius 2 is 1.79 bits per heavy atom. The SMILES string of the molecule is C=CCc1ccc(OCCOc2ccccc2[N+](=O)[O-])c(OC)c1. The first kappa shape index (κ1) is 17.3. The van der Waals surface area contributed by atoms with Gasteiger partial charge in [0.15, 0.2) is 17.2 Å². The van der Waals surface area contributed by atoms with Gasteiger partial charge < -0.3 is 14.2 Å². The van der Waals surface area contributed by atoms with Crippen molar-refractivity contribution in [1.29, 1.82) is 0 Å². The van der Waals surface area contributed by atoms with Crippen LogP contribution in [-0.4, -0.2) is 25.2 Å². The third-order valence-corrected chi connectivity index (χ3v) is 3.27. The fraction of sp³-hybridized carbons (Fsp3) is 0.222. The van der Waals surface area contributed by atoms with Crippen molar-refractivity contribution in [3.05, 3.63) is 70.8 Å². The molecule has 0 radical (unpaired) electrons. The Bertz CT molecular complexity index is 714. The molecular formula is C18H19NO5. The molecule has 0 bridgehead atoms. The van der Waals surface area contributed by atoms with Gasteiger partial charge in [0.05, 0.1) is 12.0 Å². The third kappa shape index (κ3) is 4.49. The van der Waals surface area contributed by atoms with Gasteiger partial charge in [-0.05, 0) is 30.2 Å². The Labute approximate surface area is 140 Å². The molecule has 0 unspecified atom stereocenters. The molecule has 0 spiro atoms. The van der Waals surface area contributed by atoms with Crippen molar-refractivity contribution in [1.82, 2.24) is 0 Å². The second-order valence-corrected chi connectivity index (χ2v) is 4.90. The number of nitrogens with zero attached hydrogens (tertiary/aromatic N) is 1. The number of nitro benzene ring substituents is 1. The summed E-state index contributed by atoms with van der Waals surface area (Å²) in [6, 6.07) is 11.9. The number of hydrogen-bond acceptors (Lipinski definition) is 5. The van der Waals surface area contributed by atoms with Crippen molar-refractivity contribution in [2.24, 2.45) is 0 Å². The van der Waals surface area contributed by atoms with E-state index in [-0.39, 0.29) is 24.7 Å². The smallest absolute Gasteiger partial charge is 0.310 e. The average Bonchev–Trinajstić information content (AvgIpc) is 2.60. The monoisotopic (exact) mass is 329 g/mol. The highest BCUT2D eigenvalue weighted by atomic mass is 16.6. The summed E-state index contributed by atoms with van der Waals surface area (Å²) in [6.45, 7) is 4.13. The Hall–Kier alpha value is -3.02. The number of benzene rings is 2. The molecule has 0 saturated carbocycles. The van der Waals surface area contributed by atoms with E-state index in [1.54, 1.807) is 25.3 Å². The summed E-state index contributed by atoms with van der Waals surface area (Å²) in [6.07, 6.45) is 2.56. The Morgan fingerprint density at radius 1 is 1.08 bits per heavy atom. The maximum atomic E-state index is 10.9. The summed E-state index contributed by atoms with van der Waals surface area (Å²) in [5.74, 6) is 1.44. The Morgan fingerprint density at radius 3 is 2.46 bits per heavy atom. The molecule has 0 heterocycles. The molecule has 2 rings (SSSR count). The number of rotatable bonds is 9. The summed E-state index contributed by atoms with van der Waals surface area (Å²) >= 11 is 0. The van der Waals surface area contributed by atoms with Crippen LogP contribution in [0.4, 0.5) is 5.69 Å². The molecule has 126 valence electrons. The second-order valence-electron chi connectivity index (χ2n) is 4.90. The standard InChI is InChI=1S/C18H19NO5/c1-3-6-14-9-10-17(18(13-14)22-2)24-12-11-23-16-8-5-4-7-15(16)19(20)21/h3-5,7-10,13H,1,6,11-12H2,2H3. The number of hydrogen-bond donors (Lipinski definition) is 0. The van der Waals surface area contributed by atoms with Gasteiger partial charge in [-0.2, -0.15) is 0 Å². The van der Waals surface area contributed by atoms with E-state index in [1.807, 2.05) is 24.3 Å². The van der Waals surface area contributed by atoms with Crippen LogP contribution < -0.4 is 14.2 Å². The van der Waals surface area contributed by atoms with Crippen LogP contribution in [0.1, 0.15) is 5.56 Å². The molecule has 0 aliphatic rings. The molecule has 0 N–H and O–H groups in total. The van der Waals surface area contributed by atoms with Gasteiger partial charge in [-0.25, -0.2) is 0 Å². The molecule has 0 aliphatic heterocycles. The lowest BCUT2D eigenvalue weighted by atomic mass is 10.1. The predicted octanol–water partition coefficient (Wildman–Crippen LogP) is 3.79. The zero-order chi connectivity index (χ0) is 17.4. The third-order valence-electron chi connectivity index (χ3n) is 3.27. The van der Waals surface area contributed by atoms with Crippen molar-refractivity contribution in [2.45, 2.75) is 6.42 Å². The molecular weight excluding hydrogens is 310 g/mol. The zero-order valence-corrected chi connectivity index (χ0v) is 13.4. The van der Waals surface area contributed by atoms with Gasteiger partial charge in [0.2, 0.25) is 0 Å². The average molecular weight is 329 g/mol. The summed E-state index contributed by atoms with van der Waals surface area (Å²) in [4.78, 5) is 10.4. The Balaban J connectivity index is 1.93. The van der Waals surface area contributed by atoms with E-state index < -0.39 is 4.92 Å². The van der Waals surface area contributed by atoms with E-state index in [9.17, 15) is 10.1 Å². The summed E-state index contributed by atoms with van der Waals surface area (Å²) in [7, 11) is 1.57. The highest BCUT2D eigenvalue weighted by Gasteiger charge is 2.13. The van der Waals surface area contributed by atoms with E-state index in [4.69, 9.17) is 14.2 Å². The maximum absolute atomic E-state index is 10.9. The van der Waals surface area contributed by atoms with E-state index in [1.165, 1.54) is 6.07 Å². The van der Waals surface area contributed by atoms with Crippen LogP contribution in [-0.2, 0) is 6.42 Å². The van der Waals surface area contributed by atoms with Gasteiger partial charge >= 0.3 is 5.69 Å². The molecule has 2 aromatic carbocycles. The molecule has 0 aliphatic carbocycles. The van der Waals surface area contributed by atoms with Crippen molar-refractivity contribution >= 4 is 5.69 Å². The number of allylic oxidation sites excluding steroid dienone is 1. The summed E-state index contributed by atoms with van der Waals surface area (Å²) in [5.41, 5.74) is 1.01. The van der Waals surface area contributed by atoms with Crippen molar-refractivity contribution < 1.29 is 19.1 Å². The first-order valence-corrected chi connectivity index (χ1v) is 7.42. The highest BCUT2D eigenvalue weighted by Crippen LogP contribution is 2.29. The van der Waals surface area contributed by atoms with Crippen LogP contribution in [0.15, 0.2) is 55.1 Å². The molecule has 6 heteroatoms. The predicted molar refractivity (Wildman–Crippen MR) is 91.0 cm³/mol. The molecule has 6 nitrogen and oxygen atoms in total.